The van der Waals surface area contributed by atoms with E-state index < -0.39 is 12.2 Å². The van der Waals surface area contributed by atoms with E-state index in [0.717, 1.165) is 0 Å². The molecule has 24 heavy (non-hydrogen) atoms. The number of aromatic amines is 1. The first-order chi connectivity index (χ1) is 11.7. The van der Waals surface area contributed by atoms with E-state index in [1.807, 2.05) is 13.8 Å². The van der Waals surface area contributed by atoms with Crippen molar-refractivity contribution in [3.8, 4) is 0 Å². The van der Waals surface area contributed by atoms with Gasteiger partial charge in [0.1, 0.15) is 24.0 Å². The Morgan fingerprint density at radius 3 is 2.88 bits per heavy atom. The van der Waals surface area contributed by atoms with Crippen LogP contribution in [0.3, 0.4) is 0 Å². The standard InChI is InChI=1S/C14H16FN5O2.C2H6/c15-10-3-8(6-21)4-12(10)19-14-9(5-16-7-17-14)13(22)11-1-2-18-20-11;1-2/h1-2,5,7-8,10,12,21H,3-4,6H2,(H,18,20)(H,16,17,19);1-2H3. The minimum absolute atomic E-state index is 0.0394. The summed E-state index contributed by atoms with van der Waals surface area (Å²) in [6, 6.07) is 1.08. The van der Waals surface area contributed by atoms with Gasteiger partial charge in [0.15, 0.2) is 0 Å². The fourth-order valence-corrected chi connectivity index (χ4v) is 2.70. The summed E-state index contributed by atoms with van der Waals surface area (Å²) in [5.41, 5.74) is 0.570. The van der Waals surface area contributed by atoms with Gasteiger partial charge in [-0.3, -0.25) is 9.89 Å². The number of anilines is 1. The number of aromatic nitrogens is 4. The Morgan fingerprint density at radius 2 is 2.25 bits per heavy atom. The van der Waals surface area contributed by atoms with Crippen LogP contribution in [0.5, 0.6) is 0 Å². The number of H-pyrrole nitrogens is 1. The number of nitrogens with one attached hydrogen (secondary N) is 2. The van der Waals surface area contributed by atoms with E-state index in [0.29, 0.717) is 24.4 Å². The van der Waals surface area contributed by atoms with Crippen molar-refractivity contribution < 1.29 is 14.3 Å². The van der Waals surface area contributed by atoms with E-state index in [1.165, 1.54) is 18.7 Å². The lowest BCUT2D eigenvalue weighted by Gasteiger charge is -2.17. The zero-order valence-corrected chi connectivity index (χ0v) is 13.7. The minimum Gasteiger partial charge on any atom is -0.396 e. The largest absolute Gasteiger partial charge is 0.396 e. The van der Waals surface area contributed by atoms with Crippen molar-refractivity contribution in [1.82, 2.24) is 20.2 Å². The number of nitrogens with zero attached hydrogens (tertiary/aromatic N) is 3. The van der Waals surface area contributed by atoms with Crippen molar-refractivity contribution in [3.05, 3.63) is 36.0 Å². The summed E-state index contributed by atoms with van der Waals surface area (Å²) in [6.07, 6.45) is 3.90. The van der Waals surface area contributed by atoms with E-state index in [4.69, 9.17) is 5.11 Å². The van der Waals surface area contributed by atoms with E-state index >= 15 is 0 Å². The molecule has 3 unspecified atom stereocenters. The van der Waals surface area contributed by atoms with E-state index in [9.17, 15) is 9.18 Å². The summed E-state index contributed by atoms with van der Waals surface area (Å²) in [5.74, 6) is -0.0883. The molecular weight excluding hydrogens is 313 g/mol. The lowest BCUT2D eigenvalue weighted by atomic mass is 10.1. The molecular formula is C16H22FN5O2. The SMILES string of the molecule is CC.O=C(c1ccn[nH]1)c1cncnc1NC1CC(CO)CC1F. The molecule has 7 nitrogen and oxygen atoms in total. The van der Waals surface area contributed by atoms with Gasteiger partial charge in [0.05, 0.1) is 11.6 Å². The number of carbonyl (C=O) groups is 1. The summed E-state index contributed by atoms with van der Waals surface area (Å²) in [7, 11) is 0. The number of carbonyl (C=O) groups excluding carboxylic acids is 1. The molecule has 0 aliphatic heterocycles. The Balaban J connectivity index is 0.00000100. The second kappa shape index (κ2) is 8.49. The average Bonchev–Trinajstić information content (AvgIpc) is 3.27. The minimum atomic E-state index is -1.08. The van der Waals surface area contributed by atoms with Gasteiger partial charge in [-0.2, -0.15) is 5.10 Å². The number of ketones is 1. The number of hydrogen-bond acceptors (Lipinski definition) is 6. The number of aliphatic hydroxyl groups is 1. The highest BCUT2D eigenvalue weighted by atomic mass is 19.1. The molecule has 2 aromatic heterocycles. The first kappa shape index (κ1) is 18.0. The maximum Gasteiger partial charge on any atom is 0.216 e. The quantitative estimate of drug-likeness (QED) is 0.722. The second-order valence-corrected chi connectivity index (χ2v) is 5.37. The molecule has 0 aromatic carbocycles. The molecule has 3 N–H and O–H groups in total. The predicted octanol–water partition coefficient (Wildman–Crippen LogP) is 1.98. The average molecular weight is 335 g/mol. The van der Waals surface area contributed by atoms with Crippen LogP contribution in [0.1, 0.15) is 42.7 Å². The van der Waals surface area contributed by atoms with Crippen molar-refractivity contribution >= 4 is 11.6 Å². The van der Waals surface area contributed by atoms with Crippen LogP contribution < -0.4 is 5.32 Å². The van der Waals surface area contributed by atoms with Gasteiger partial charge in [-0.25, -0.2) is 14.4 Å². The third-order valence-corrected chi connectivity index (χ3v) is 3.86. The van der Waals surface area contributed by atoms with E-state index in [-0.39, 0.29) is 23.9 Å². The highest BCUT2D eigenvalue weighted by Gasteiger charge is 2.34. The molecule has 1 saturated carbocycles. The molecule has 1 aliphatic rings. The van der Waals surface area contributed by atoms with E-state index in [2.05, 4.69) is 25.5 Å². The summed E-state index contributed by atoms with van der Waals surface area (Å²) in [5, 5.41) is 18.5. The zero-order chi connectivity index (χ0) is 17.5. The third kappa shape index (κ3) is 3.94. The summed E-state index contributed by atoms with van der Waals surface area (Å²) >= 11 is 0. The molecule has 8 heteroatoms. The van der Waals surface area contributed by atoms with Crippen LogP contribution in [-0.2, 0) is 0 Å². The normalized spacial score (nSPS) is 22.6. The van der Waals surface area contributed by atoms with Gasteiger partial charge >= 0.3 is 0 Å². The maximum atomic E-state index is 14.0. The predicted molar refractivity (Wildman–Crippen MR) is 87.5 cm³/mol. The molecule has 0 bridgehead atoms. The van der Waals surface area contributed by atoms with Gasteiger partial charge in [0.2, 0.25) is 5.78 Å². The monoisotopic (exact) mass is 335 g/mol. The van der Waals surface area contributed by atoms with Crippen LogP contribution >= 0.6 is 0 Å². The highest BCUT2D eigenvalue weighted by molar-refractivity contribution is 6.10. The topological polar surface area (TPSA) is 104 Å². The zero-order valence-electron chi connectivity index (χ0n) is 13.7. The molecule has 1 aliphatic carbocycles. The Bertz CT molecular complexity index is 650. The first-order valence-electron chi connectivity index (χ1n) is 8.04. The molecule has 0 spiro atoms. The van der Waals surface area contributed by atoms with Gasteiger partial charge in [-0.1, -0.05) is 13.8 Å². The number of halogens is 1. The van der Waals surface area contributed by atoms with Gasteiger partial charge < -0.3 is 10.4 Å². The van der Waals surface area contributed by atoms with Crippen LogP contribution in [0, 0.1) is 5.92 Å². The summed E-state index contributed by atoms with van der Waals surface area (Å²) in [4.78, 5) is 20.3. The third-order valence-electron chi connectivity index (χ3n) is 3.86. The van der Waals surface area contributed by atoms with Crippen LogP contribution in [0.15, 0.2) is 24.8 Å². The van der Waals surface area contributed by atoms with Crippen molar-refractivity contribution in [1.29, 1.82) is 0 Å². The molecule has 3 rings (SSSR count). The molecule has 1 fully saturated rings. The highest BCUT2D eigenvalue weighted by Crippen LogP contribution is 2.30. The number of rotatable bonds is 5. The van der Waals surface area contributed by atoms with Crippen molar-refractivity contribution in [3.63, 3.8) is 0 Å². The van der Waals surface area contributed by atoms with Gasteiger partial charge in [0.25, 0.3) is 0 Å². The molecule has 130 valence electrons. The Hall–Kier alpha value is -2.35. The second-order valence-electron chi connectivity index (χ2n) is 5.37. The van der Waals surface area contributed by atoms with Crippen molar-refractivity contribution in [2.24, 2.45) is 5.92 Å². The van der Waals surface area contributed by atoms with E-state index in [1.54, 1.807) is 6.07 Å². The lowest BCUT2D eigenvalue weighted by Crippen LogP contribution is -2.27. The summed E-state index contributed by atoms with van der Waals surface area (Å²) in [6.45, 7) is 3.96. The molecule has 2 aromatic rings. The smallest absolute Gasteiger partial charge is 0.216 e. The van der Waals surface area contributed by atoms with Gasteiger partial charge in [0, 0.05) is 19.0 Å². The molecule has 3 atom stereocenters. The lowest BCUT2D eigenvalue weighted by molar-refractivity contribution is 0.103. The number of alkyl halides is 1. The fourth-order valence-electron chi connectivity index (χ4n) is 2.70. The van der Waals surface area contributed by atoms with Crippen LogP contribution in [0.2, 0.25) is 0 Å². The Kier molecular flexibility index (Phi) is 6.36. The van der Waals surface area contributed by atoms with Crippen LogP contribution in [0.4, 0.5) is 10.2 Å². The van der Waals surface area contributed by atoms with Gasteiger partial charge in [-0.15, -0.1) is 0 Å². The first-order valence-corrected chi connectivity index (χ1v) is 8.04. The Morgan fingerprint density at radius 1 is 1.46 bits per heavy atom. The van der Waals surface area contributed by atoms with Crippen molar-refractivity contribution in [2.45, 2.75) is 38.9 Å². The fraction of sp³-hybridized carbons (Fsp3) is 0.500. The van der Waals surface area contributed by atoms with Gasteiger partial charge in [-0.05, 0) is 24.8 Å². The molecule has 2 heterocycles. The number of hydrogen-bond donors (Lipinski definition) is 3. The van der Waals surface area contributed by atoms with Crippen molar-refractivity contribution in [2.75, 3.05) is 11.9 Å². The maximum absolute atomic E-state index is 14.0. The summed E-state index contributed by atoms with van der Waals surface area (Å²) < 4.78 is 14.0. The Labute approximate surface area is 139 Å². The molecule has 0 saturated heterocycles. The van der Waals surface area contributed by atoms with Crippen LogP contribution in [0.25, 0.3) is 0 Å². The molecule has 0 radical (unpaired) electrons. The van der Waals surface area contributed by atoms with Crippen LogP contribution in [-0.4, -0.2) is 49.9 Å². The number of aliphatic hydroxyl groups excluding tert-OH is 1. The molecule has 0 amide bonds.